The second kappa shape index (κ2) is 7.20. The van der Waals surface area contributed by atoms with E-state index >= 15 is 0 Å². The first-order chi connectivity index (χ1) is 10.7. The molecule has 2 aromatic rings. The van der Waals surface area contributed by atoms with Crippen LogP contribution >= 0.6 is 11.3 Å². The summed E-state index contributed by atoms with van der Waals surface area (Å²) in [4.78, 5) is 6.68. The van der Waals surface area contributed by atoms with Gasteiger partial charge in [0.2, 0.25) is 0 Å². The molecule has 0 atom stereocenters. The molecule has 0 spiro atoms. The summed E-state index contributed by atoms with van der Waals surface area (Å²) in [5.41, 5.74) is 2.19. The van der Waals surface area contributed by atoms with Crippen LogP contribution in [-0.2, 0) is 6.42 Å². The maximum absolute atomic E-state index is 13.2. The number of halogens is 1. The molecule has 1 N–H and O–H groups in total. The van der Waals surface area contributed by atoms with Crippen LogP contribution in [0.1, 0.15) is 23.4 Å². The Morgan fingerprint density at radius 3 is 2.86 bits per heavy atom. The van der Waals surface area contributed by atoms with Crippen molar-refractivity contribution in [1.29, 1.82) is 0 Å². The van der Waals surface area contributed by atoms with Crippen molar-refractivity contribution < 1.29 is 4.39 Å². The number of piperidine rings is 1. The minimum absolute atomic E-state index is 0.153. The summed E-state index contributed by atoms with van der Waals surface area (Å²) in [6, 6.07) is 5.66. The number of hydrogen-bond acceptors (Lipinski definition) is 4. The highest BCUT2D eigenvalue weighted by Gasteiger charge is 2.20. The Kier molecular flexibility index (Phi) is 5.05. The van der Waals surface area contributed by atoms with Crippen LogP contribution in [0.3, 0.4) is 0 Å². The number of nitrogens with zero attached hydrogens (tertiary/aromatic N) is 2. The molecular formula is C17H22FN3S. The summed E-state index contributed by atoms with van der Waals surface area (Å²) in [5.74, 6) is -0.153. The molecule has 0 radical (unpaired) electrons. The average molecular weight is 319 g/mol. The van der Waals surface area contributed by atoms with E-state index in [1.807, 2.05) is 24.6 Å². The fourth-order valence-electron chi connectivity index (χ4n) is 3.06. The van der Waals surface area contributed by atoms with Gasteiger partial charge in [-0.15, -0.1) is 11.3 Å². The molecule has 3 rings (SSSR count). The van der Waals surface area contributed by atoms with Gasteiger partial charge in [-0.25, -0.2) is 9.37 Å². The molecule has 1 aromatic carbocycles. The van der Waals surface area contributed by atoms with E-state index in [2.05, 4.69) is 15.2 Å². The first-order valence-corrected chi connectivity index (χ1v) is 8.73. The molecule has 1 fully saturated rings. The van der Waals surface area contributed by atoms with Crippen molar-refractivity contribution >= 4 is 17.0 Å². The molecule has 0 amide bonds. The van der Waals surface area contributed by atoms with E-state index in [-0.39, 0.29) is 5.82 Å². The van der Waals surface area contributed by atoms with E-state index in [4.69, 9.17) is 0 Å². The topological polar surface area (TPSA) is 28.2 Å². The summed E-state index contributed by atoms with van der Waals surface area (Å²) in [6.07, 6.45) is 5.14. The predicted octanol–water partition coefficient (Wildman–Crippen LogP) is 3.39. The second-order valence-corrected chi connectivity index (χ2v) is 6.80. The molecule has 118 valence electrons. The van der Waals surface area contributed by atoms with E-state index in [1.54, 1.807) is 23.5 Å². The summed E-state index contributed by atoms with van der Waals surface area (Å²) in [5, 5.41) is 6.86. The molecule has 1 saturated heterocycles. The van der Waals surface area contributed by atoms with Gasteiger partial charge in [0.15, 0.2) is 0 Å². The third-order valence-corrected chi connectivity index (χ3v) is 5.09. The Bertz CT molecular complexity index is 592. The fraction of sp³-hybridized carbons (Fsp3) is 0.471. The van der Waals surface area contributed by atoms with Crippen LogP contribution in [0.25, 0.3) is 0 Å². The molecule has 5 heteroatoms. The van der Waals surface area contributed by atoms with Crippen molar-refractivity contribution in [2.75, 3.05) is 24.5 Å². The van der Waals surface area contributed by atoms with Crippen LogP contribution in [0.15, 0.2) is 29.8 Å². The number of aryl methyl sites for hydroxylation is 1. The molecule has 1 aliphatic heterocycles. The quantitative estimate of drug-likeness (QED) is 0.915. The molecule has 1 aromatic heterocycles. The van der Waals surface area contributed by atoms with Crippen LogP contribution in [0, 0.1) is 12.7 Å². The molecule has 0 bridgehead atoms. The highest BCUT2D eigenvalue weighted by Crippen LogP contribution is 2.24. The lowest BCUT2D eigenvalue weighted by atomic mass is 10.0. The number of nitrogens with one attached hydrogen (secondary N) is 1. The molecule has 2 heterocycles. The maximum atomic E-state index is 13.2. The van der Waals surface area contributed by atoms with Gasteiger partial charge in [-0.2, -0.15) is 0 Å². The third-order valence-electron chi connectivity index (χ3n) is 4.25. The Labute approximate surface area is 135 Å². The van der Waals surface area contributed by atoms with Gasteiger partial charge in [-0.05, 0) is 43.5 Å². The number of benzene rings is 1. The minimum atomic E-state index is -0.153. The molecule has 0 saturated carbocycles. The average Bonchev–Trinajstić information content (AvgIpc) is 3.02. The van der Waals surface area contributed by atoms with Crippen molar-refractivity contribution in [3.05, 3.63) is 46.2 Å². The van der Waals surface area contributed by atoms with Crippen molar-refractivity contribution in [3.8, 4) is 0 Å². The van der Waals surface area contributed by atoms with Crippen molar-refractivity contribution in [2.45, 2.75) is 32.2 Å². The van der Waals surface area contributed by atoms with E-state index in [1.165, 1.54) is 10.7 Å². The summed E-state index contributed by atoms with van der Waals surface area (Å²) >= 11 is 1.72. The van der Waals surface area contributed by atoms with E-state index in [0.717, 1.165) is 44.5 Å². The normalized spacial score (nSPS) is 16.2. The molecule has 0 unspecified atom stereocenters. The highest BCUT2D eigenvalue weighted by atomic mass is 32.1. The second-order valence-electron chi connectivity index (χ2n) is 5.82. The number of anilines is 1. The predicted molar refractivity (Wildman–Crippen MR) is 90.2 cm³/mol. The minimum Gasteiger partial charge on any atom is -0.371 e. The SMILES string of the molecule is Cc1cc(F)ccc1N1CCC(NCCc2nccs2)CC1. The zero-order valence-electron chi connectivity index (χ0n) is 12.9. The van der Waals surface area contributed by atoms with Gasteiger partial charge >= 0.3 is 0 Å². The lowest BCUT2D eigenvalue weighted by Crippen LogP contribution is -2.43. The van der Waals surface area contributed by atoms with Gasteiger partial charge < -0.3 is 10.2 Å². The van der Waals surface area contributed by atoms with Crippen LogP contribution < -0.4 is 10.2 Å². The molecule has 0 aliphatic carbocycles. The molecule has 3 nitrogen and oxygen atoms in total. The Balaban J connectivity index is 1.46. The Morgan fingerprint density at radius 2 is 2.18 bits per heavy atom. The lowest BCUT2D eigenvalue weighted by Gasteiger charge is -2.35. The van der Waals surface area contributed by atoms with Crippen LogP contribution in [0.5, 0.6) is 0 Å². The summed E-state index contributed by atoms with van der Waals surface area (Å²) in [6.45, 7) is 5.04. The van der Waals surface area contributed by atoms with Crippen LogP contribution in [0.4, 0.5) is 10.1 Å². The van der Waals surface area contributed by atoms with E-state index in [0.29, 0.717) is 6.04 Å². The van der Waals surface area contributed by atoms with Crippen molar-refractivity contribution in [3.63, 3.8) is 0 Å². The number of hydrogen-bond donors (Lipinski definition) is 1. The zero-order valence-corrected chi connectivity index (χ0v) is 13.7. The maximum Gasteiger partial charge on any atom is 0.123 e. The van der Waals surface area contributed by atoms with Gasteiger partial charge in [-0.3, -0.25) is 0 Å². The Morgan fingerprint density at radius 1 is 1.36 bits per heavy atom. The fourth-order valence-corrected chi connectivity index (χ4v) is 3.68. The molecular weight excluding hydrogens is 297 g/mol. The third kappa shape index (κ3) is 3.84. The number of thiazole rings is 1. The molecule has 1 aliphatic rings. The summed E-state index contributed by atoms with van der Waals surface area (Å²) < 4.78 is 13.2. The standard InChI is InChI=1S/C17H22FN3S/c1-13-12-14(18)2-3-16(13)21-9-5-15(6-10-21)19-7-4-17-20-8-11-22-17/h2-3,8,11-12,15,19H,4-7,9-10H2,1H3. The van der Waals surface area contributed by atoms with E-state index in [9.17, 15) is 4.39 Å². The van der Waals surface area contributed by atoms with Gasteiger partial charge in [0.05, 0.1) is 5.01 Å². The zero-order chi connectivity index (χ0) is 15.4. The van der Waals surface area contributed by atoms with Gasteiger partial charge in [0, 0.05) is 49.4 Å². The highest BCUT2D eigenvalue weighted by molar-refractivity contribution is 7.09. The van der Waals surface area contributed by atoms with Gasteiger partial charge in [-0.1, -0.05) is 0 Å². The first-order valence-electron chi connectivity index (χ1n) is 7.85. The van der Waals surface area contributed by atoms with Crippen LogP contribution in [0.2, 0.25) is 0 Å². The molecule has 22 heavy (non-hydrogen) atoms. The number of aromatic nitrogens is 1. The van der Waals surface area contributed by atoms with Crippen LogP contribution in [-0.4, -0.2) is 30.7 Å². The van der Waals surface area contributed by atoms with Crippen molar-refractivity contribution in [2.24, 2.45) is 0 Å². The van der Waals surface area contributed by atoms with Gasteiger partial charge in [0.1, 0.15) is 5.82 Å². The van der Waals surface area contributed by atoms with Gasteiger partial charge in [0.25, 0.3) is 0 Å². The summed E-state index contributed by atoms with van der Waals surface area (Å²) in [7, 11) is 0. The lowest BCUT2D eigenvalue weighted by molar-refractivity contribution is 0.417. The monoisotopic (exact) mass is 319 g/mol. The van der Waals surface area contributed by atoms with Crippen molar-refractivity contribution in [1.82, 2.24) is 10.3 Å². The van der Waals surface area contributed by atoms with E-state index < -0.39 is 0 Å². The Hall–Kier alpha value is -1.46. The first kappa shape index (κ1) is 15.4. The largest absolute Gasteiger partial charge is 0.371 e. The smallest absolute Gasteiger partial charge is 0.123 e. The number of rotatable bonds is 5.